The average Bonchev–Trinajstić information content (AvgIpc) is 3.39. The van der Waals surface area contributed by atoms with E-state index in [9.17, 15) is 8.78 Å². The Kier molecular flexibility index (Phi) is 4.17. The number of hydrogen-bond donors (Lipinski definition) is 0. The highest BCUT2D eigenvalue weighted by Crippen LogP contribution is 2.48. The summed E-state index contributed by atoms with van der Waals surface area (Å²) in [6, 6.07) is 0. The molecule has 0 atom stereocenters. The molecule has 2 aliphatic rings. The fourth-order valence-electron chi connectivity index (χ4n) is 2.58. The van der Waals surface area contributed by atoms with Gasteiger partial charge in [-0.05, 0) is 53.4 Å². The van der Waals surface area contributed by atoms with Gasteiger partial charge in [0.25, 0.3) is 0 Å². The molecule has 2 heterocycles. The van der Waals surface area contributed by atoms with Crippen LogP contribution < -0.4 is 0 Å². The molecule has 0 aliphatic heterocycles. The highest BCUT2D eigenvalue weighted by Gasteiger charge is 2.49. The summed E-state index contributed by atoms with van der Waals surface area (Å²) in [7, 11) is 0. The predicted molar refractivity (Wildman–Crippen MR) is 84.9 cm³/mol. The minimum Gasteiger partial charge on any atom is -0.250 e. The zero-order valence-corrected chi connectivity index (χ0v) is 14.7. The van der Waals surface area contributed by atoms with E-state index in [0.29, 0.717) is 49.7 Å². The third kappa shape index (κ3) is 3.18. The van der Waals surface area contributed by atoms with E-state index in [1.807, 2.05) is 20.8 Å². The van der Waals surface area contributed by atoms with Crippen molar-refractivity contribution in [3.63, 3.8) is 0 Å². The number of rotatable bonds is 4. The molecule has 2 aromatic rings. The lowest BCUT2D eigenvalue weighted by atomic mass is 10.3. The molecule has 0 radical (unpaired) electrons. The second-order valence-corrected chi connectivity index (χ2v) is 6.53. The van der Waals surface area contributed by atoms with Gasteiger partial charge in [0.15, 0.2) is 23.0 Å². The SMILES string of the molecule is CCn1nc(C)nc1C1(F)CC1.CCn1nc(C2(F)CC2)nc1C. The van der Waals surface area contributed by atoms with Crippen LogP contribution in [0.2, 0.25) is 0 Å². The Bertz CT molecular complexity index is 727. The van der Waals surface area contributed by atoms with Crippen molar-refractivity contribution in [1.29, 1.82) is 0 Å². The Morgan fingerprint density at radius 2 is 1.46 bits per heavy atom. The van der Waals surface area contributed by atoms with Crippen LogP contribution in [0, 0.1) is 13.8 Å². The summed E-state index contributed by atoms with van der Waals surface area (Å²) in [6.45, 7) is 9.02. The van der Waals surface area contributed by atoms with E-state index in [0.717, 1.165) is 12.4 Å². The van der Waals surface area contributed by atoms with E-state index < -0.39 is 11.3 Å². The third-order valence-electron chi connectivity index (χ3n) is 4.41. The molecule has 4 rings (SSSR count). The van der Waals surface area contributed by atoms with Crippen molar-refractivity contribution < 1.29 is 8.78 Å². The third-order valence-corrected chi connectivity index (χ3v) is 4.41. The van der Waals surface area contributed by atoms with Crippen LogP contribution >= 0.6 is 0 Å². The molecule has 132 valence electrons. The van der Waals surface area contributed by atoms with Crippen LogP contribution in [0.4, 0.5) is 8.78 Å². The molecule has 2 fully saturated rings. The first-order chi connectivity index (χ1) is 11.3. The van der Waals surface area contributed by atoms with E-state index >= 15 is 0 Å². The molecule has 0 aromatic carbocycles. The lowest BCUT2D eigenvalue weighted by Gasteiger charge is -2.04. The van der Waals surface area contributed by atoms with Crippen molar-refractivity contribution in [2.24, 2.45) is 0 Å². The van der Waals surface area contributed by atoms with Crippen molar-refractivity contribution in [2.75, 3.05) is 0 Å². The monoisotopic (exact) mass is 338 g/mol. The van der Waals surface area contributed by atoms with E-state index in [4.69, 9.17) is 0 Å². The Morgan fingerprint density at radius 3 is 1.92 bits per heavy atom. The first-order valence-corrected chi connectivity index (χ1v) is 8.53. The molecule has 6 nitrogen and oxygen atoms in total. The number of halogens is 2. The number of aryl methyl sites for hydroxylation is 4. The van der Waals surface area contributed by atoms with Crippen LogP contribution in [0.1, 0.15) is 62.8 Å². The van der Waals surface area contributed by atoms with Gasteiger partial charge in [-0.3, -0.25) is 4.68 Å². The van der Waals surface area contributed by atoms with E-state index in [-0.39, 0.29) is 0 Å². The van der Waals surface area contributed by atoms with Gasteiger partial charge in [-0.2, -0.15) is 10.2 Å². The van der Waals surface area contributed by atoms with Crippen molar-refractivity contribution in [1.82, 2.24) is 29.5 Å². The van der Waals surface area contributed by atoms with E-state index in [1.165, 1.54) is 0 Å². The van der Waals surface area contributed by atoms with Gasteiger partial charge < -0.3 is 0 Å². The molecule has 0 amide bonds. The van der Waals surface area contributed by atoms with Crippen LogP contribution in [0.3, 0.4) is 0 Å². The highest BCUT2D eigenvalue weighted by atomic mass is 19.1. The topological polar surface area (TPSA) is 61.4 Å². The molecule has 0 N–H and O–H groups in total. The lowest BCUT2D eigenvalue weighted by molar-refractivity contribution is 0.286. The van der Waals surface area contributed by atoms with Gasteiger partial charge in [0.2, 0.25) is 0 Å². The second-order valence-electron chi connectivity index (χ2n) is 6.53. The van der Waals surface area contributed by atoms with Gasteiger partial charge in [-0.1, -0.05) is 0 Å². The van der Waals surface area contributed by atoms with Gasteiger partial charge in [0.1, 0.15) is 11.6 Å². The molecule has 8 heteroatoms. The summed E-state index contributed by atoms with van der Waals surface area (Å²) in [5, 5.41) is 8.19. The maximum atomic E-state index is 13.6. The Morgan fingerprint density at radius 1 is 0.875 bits per heavy atom. The van der Waals surface area contributed by atoms with Crippen molar-refractivity contribution in [2.45, 2.75) is 77.8 Å². The number of hydrogen-bond acceptors (Lipinski definition) is 4. The minimum absolute atomic E-state index is 0.377. The first-order valence-electron chi connectivity index (χ1n) is 8.53. The van der Waals surface area contributed by atoms with Crippen LogP contribution in [-0.4, -0.2) is 29.5 Å². The quantitative estimate of drug-likeness (QED) is 0.859. The number of nitrogens with zero attached hydrogens (tertiary/aromatic N) is 6. The molecular formula is C16H24F2N6. The summed E-state index contributed by atoms with van der Waals surface area (Å²) in [6.07, 6.45) is 2.37. The van der Waals surface area contributed by atoms with E-state index in [1.54, 1.807) is 16.3 Å². The fraction of sp³-hybridized carbons (Fsp3) is 0.750. The Labute approximate surface area is 140 Å². The van der Waals surface area contributed by atoms with Crippen LogP contribution in [0.15, 0.2) is 0 Å². The van der Waals surface area contributed by atoms with Gasteiger partial charge in [0.05, 0.1) is 0 Å². The largest absolute Gasteiger partial charge is 0.250 e. The van der Waals surface area contributed by atoms with E-state index in [2.05, 4.69) is 20.2 Å². The molecule has 0 spiro atoms. The average molecular weight is 338 g/mol. The Balaban J connectivity index is 0.000000141. The maximum Gasteiger partial charge on any atom is 0.188 e. The lowest BCUT2D eigenvalue weighted by Crippen LogP contribution is -2.10. The highest BCUT2D eigenvalue weighted by molar-refractivity contribution is 5.13. The molecule has 2 aliphatic carbocycles. The second kappa shape index (κ2) is 5.89. The van der Waals surface area contributed by atoms with Crippen molar-refractivity contribution in [3.8, 4) is 0 Å². The predicted octanol–water partition coefficient (Wildman–Crippen LogP) is 3.13. The van der Waals surface area contributed by atoms with Crippen LogP contribution in [0.5, 0.6) is 0 Å². The number of alkyl halides is 2. The molecule has 0 unspecified atom stereocenters. The van der Waals surface area contributed by atoms with Gasteiger partial charge >= 0.3 is 0 Å². The molecule has 2 aromatic heterocycles. The molecule has 2 saturated carbocycles. The first kappa shape index (κ1) is 17.0. The number of aromatic nitrogens is 6. The standard InChI is InChI=1S/2C8H12FN3/c1-3-12-6(2)10-7(11-12)8(9)4-5-8;1-3-12-7(8(9)4-5-8)10-6(2)11-12/h2*3-5H2,1-2H3. The molecule has 24 heavy (non-hydrogen) atoms. The van der Waals surface area contributed by atoms with Gasteiger partial charge in [-0.15, -0.1) is 0 Å². The zero-order chi connectivity index (χ0) is 17.5. The van der Waals surface area contributed by atoms with Crippen molar-refractivity contribution in [3.05, 3.63) is 23.3 Å². The van der Waals surface area contributed by atoms with Gasteiger partial charge in [-0.25, -0.2) is 23.4 Å². The fourth-order valence-corrected chi connectivity index (χ4v) is 2.58. The van der Waals surface area contributed by atoms with Crippen molar-refractivity contribution >= 4 is 0 Å². The minimum atomic E-state index is -1.19. The van der Waals surface area contributed by atoms with Crippen LogP contribution in [0.25, 0.3) is 0 Å². The molecular weight excluding hydrogens is 314 g/mol. The molecule has 0 saturated heterocycles. The summed E-state index contributed by atoms with van der Waals surface area (Å²) >= 11 is 0. The summed E-state index contributed by atoms with van der Waals surface area (Å²) in [5.41, 5.74) is -2.34. The summed E-state index contributed by atoms with van der Waals surface area (Å²) < 4.78 is 30.4. The maximum absolute atomic E-state index is 13.6. The molecule has 0 bridgehead atoms. The normalized spacial score (nSPS) is 19.6. The summed E-state index contributed by atoms with van der Waals surface area (Å²) in [5.74, 6) is 2.36. The summed E-state index contributed by atoms with van der Waals surface area (Å²) in [4.78, 5) is 8.18. The van der Waals surface area contributed by atoms with Gasteiger partial charge in [0, 0.05) is 13.1 Å². The van der Waals surface area contributed by atoms with Crippen LogP contribution in [-0.2, 0) is 24.4 Å². The Hall–Kier alpha value is -1.86. The zero-order valence-electron chi connectivity index (χ0n) is 14.7. The smallest absolute Gasteiger partial charge is 0.188 e.